The lowest BCUT2D eigenvalue weighted by molar-refractivity contribution is 0.0987. The third kappa shape index (κ3) is 2.68. The van der Waals surface area contributed by atoms with Crippen molar-refractivity contribution in [3.63, 3.8) is 0 Å². The molecule has 2 nitrogen and oxygen atoms in total. The summed E-state index contributed by atoms with van der Waals surface area (Å²) in [5.41, 5.74) is 1.07. The minimum atomic E-state index is -0.807. The highest BCUT2D eigenvalue weighted by molar-refractivity contribution is 6.33. The number of hydrogen-bond donors (Lipinski definition) is 0. The first kappa shape index (κ1) is 11.7. The number of benzene rings is 1. The number of Topliss-reactive ketones (excluding diaryl/α,β-unsaturated/α-hetero) is 1. The van der Waals surface area contributed by atoms with Gasteiger partial charge in [0.05, 0.1) is 0 Å². The largest absolute Gasteiger partial charge is 0.292 e. The Balaban J connectivity index is 2.23. The van der Waals surface area contributed by atoms with Crippen LogP contribution >= 0.6 is 11.6 Å². The van der Waals surface area contributed by atoms with Crippen LogP contribution in [0.15, 0.2) is 48.8 Å². The van der Waals surface area contributed by atoms with E-state index in [1.807, 2.05) is 0 Å². The highest BCUT2D eigenvalue weighted by atomic mass is 35.5. The zero-order chi connectivity index (χ0) is 12.3. The molecular formula is C13H9ClFNO. The molecule has 86 valence electrons. The molecule has 1 unspecified atom stereocenters. The maximum absolute atomic E-state index is 12.7. The van der Waals surface area contributed by atoms with Crippen LogP contribution in [0.2, 0.25) is 0 Å². The van der Waals surface area contributed by atoms with Gasteiger partial charge < -0.3 is 0 Å². The zero-order valence-corrected chi connectivity index (χ0v) is 9.56. The molecule has 1 heterocycles. The van der Waals surface area contributed by atoms with Crippen LogP contribution in [0.4, 0.5) is 4.39 Å². The number of ketones is 1. The Morgan fingerprint density at radius 3 is 2.29 bits per heavy atom. The number of aromatic nitrogens is 1. The van der Waals surface area contributed by atoms with Gasteiger partial charge in [0.1, 0.15) is 11.2 Å². The fraction of sp³-hybridized carbons (Fsp3) is 0.0769. The average Bonchev–Trinajstić information content (AvgIpc) is 2.39. The van der Waals surface area contributed by atoms with Crippen molar-refractivity contribution in [1.82, 2.24) is 4.98 Å². The van der Waals surface area contributed by atoms with E-state index in [1.54, 1.807) is 12.1 Å². The van der Waals surface area contributed by atoms with Gasteiger partial charge in [-0.25, -0.2) is 4.39 Å². The zero-order valence-electron chi connectivity index (χ0n) is 8.81. The number of nitrogens with zero attached hydrogens (tertiary/aromatic N) is 1. The van der Waals surface area contributed by atoms with Crippen LogP contribution in [-0.2, 0) is 0 Å². The first-order chi connectivity index (χ1) is 8.18. The Bertz CT molecular complexity index is 513. The van der Waals surface area contributed by atoms with Crippen LogP contribution < -0.4 is 0 Å². The van der Waals surface area contributed by atoms with Gasteiger partial charge in [0.2, 0.25) is 0 Å². The maximum Gasteiger partial charge on any atom is 0.185 e. The maximum atomic E-state index is 12.7. The monoisotopic (exact) mass is 249 g/mol. The fourth-order valence-corrected chi connectivity index (χ4v) is 1.72. The van der Waals surface area contributed by atoms with E-state index >= 15 is 0 Å². The van der Waals surface area contributed by atoms with Crippen LogP contribution in [0.5, 0.6) is 0 Å². The number of hydrogen-bond acceptors (Lipinski definition) is 2. The topological polar surface area (TPSA) is 30.0 Å². The molecular weight excluding hydrogens is 241 g/mol. The highest BCUT2D eigenvalue weighted by Gasteiger charge is 2.19. The molecule has 17 heavy (non-hydrogen) atoms. The van der Waals surface area contributed by atoms with Gasteiger partial charge in [-0.05, 0) is 29.8 Å². The molecule has 2 rings (SSSR count). The van der Waals surface area contributed by atoms with Gasteiger partial charge in [0.15, 0.2) is 5.78 Å². The van der Waals surface area contributed by atoms with E-state index in [9.17, 15) is 9.18 Å². The van der Waals surface area contributed by atoms with Crippen LogP contribution in [-0.4, -0.2) is 10.8 Å². The SMILES string of the molecule is O=C(c1ccncc1)C(Cl)c1ccc(F)cc1. The molecule has 0 spiro atoms. The smallest absolute Gasteiger partial charge is 0.185 e. The quantitative estimate of drug-likeness (QED) is 0.617. The third-order valence-electron chi connectivity index (χ3n) is 2.36. The van der Waals surface area contributed by atoms with Crippen molar-refractivity contribution in [1.29, 1.82) is 0 Å². The van der Waals surface area contributed by atoms with Crippen molar-refractivity contribution in [3.8, 4) is 0 Å². The van der Waals surface area contributed by atoms with Crippen molar-refractivity contribution >= 4 is 17.4 Å². The van der Waals surface area contributed by atoms with E-state index in [1.165, 1.54) is 36.7 Å². The Morgan fingerprint density at radius 2 is 1.71 bits per heavy atom. The van der Waals surface area contributed by atoms with Gasteiger partial charge in [0.25, 0.3) is 0 Å². The summed E-state index contributed by atoms with van der Waals surface area (Å²) in [7, 11) is 0. The number of rotatable bonds is 3. The second-order valence-corrected chi connectivity index (χ2v) is 3.95. The molecule has 0 saturated heterocycles. The number of alkyl halides is 1. The molecule has 1 aromatic heterocycles. The lowest BCUT2D eigenvalue weighted by Crippen LogP contribution is -2.07. The summed E-state index contributed by atoms with van der Waals surface area (Å²) in [6, 6.07) is 8.77. The summed E-state index contributed by atoms with van der Waals surface area (Å²) in [6.45, 7) is 0. The summed E-state index contributed by atoms with van der Waals surface area (Å²) < 4.78 is 12.7. The van der Waals surface area contributed by atoms with Crippen molar-refractivity contribution in [2.75, 3.05) is 0 Å². The normalized spacial score (nSPS) is 12.1. The van der Waals surface area contributed by atoms with Gasteiger partial charge in [-0.1, -0.05) is 12.1 Å². The lowest BCUT2D eigenvalue weighted by atomic mass is 10.0. The van der Waals surface area contributed by atoms with E-state index in [0.29, 0.717) is 11.1 Å². The molecule has 4 heteroatoms. The van der Waals surface area contributed by atoms with Crippen LogP contribution in [0, 0.1) is 5.82 Å². The molecule has 0 radical (unpaired) electrons. The molecule has 0 aliphatic carbocycles. The molecule has 0 aliphatic heterocycles. The fourth-order valence-electron chi connectivity index (χ4n) is 1.45. The minimum absolute atomic E-state index is 0.222. The molecule has 0 amide bonds. The van der Waals surface area contributed by atoms with Crippen LogP contribution in [0.1, 0.15) is 21.3 Å². The second-order valence-electron chi connectivity index (χ2n) is 3.51. The summed E-state index contributed by atoms with van der Waals surface area (Å²) in [5, 5.41) is -0.807. The molecule has 0 fully saturated rings. The predicted molar refractivity (Wildman–Crippen MR) is 63.6 cm³/mol. The Morgan fingerprint density at radius 1 is 1.12 bits per heavy atom. The van der Waals surface area contributed by atoms with Gasteiger partial charge in [-0.3, -0.25) is 9.78 Å². The van der Waals surface area contributed by atoms with E-state index in [2.05, 4.69) is 4.98 Å². The van der Waals surface area contributed by atoms with Crippen molar-refractivity contribution in [2.24, 2.45) is 0 Å². The number of pyridine rings is 1. The standard InChI is InChI=1S/C13H9ClFNO/c14-12(9-1-3-11(15)4-2-9)13(17)10-5-7-16-8-6-10/h1-8,12H. The Hall–Kier alpha value is -1.74. The molecule has 0 bridgehead atoms. The first-order valence-corrected chi connectivity index (χ1v) is 5.46. The summed E-state index contributed by atoms with van der Waals surface area (Å²) in [6.07, 6.45) is 3.06. The Labute approximate surface area is 103 Å². The first-order valence-electron chi connectivity index (χ1n) is 5.02. The van der Waals surface area contributed by atoms with Gasteiger partial charge in [-0.15, -0.1) is 11.6 Å². The van der Waals surface area contributed by atoms with Crippen molar-refractivity contribution in [2.45, 2.75) is 5.38 Å². The summed E-state index contributed by atoms with van der Waals surface area (Å²) in [5.74, 6) is -0.574. The van der Waals surface area contributed by atoms with Gasteiger partial charge in [-0.2, -0.15) is 0 Å². The minimum Gasteiger partial charge on any atom is -0.292 e. The van der Waals surface area contributed by atoms with Crippen LogP contribution in [0.3, 0.4) is 0 Å². The number of carbonyl (C=O) groups is 1. The molecule has 0 N–H and O–H groups in total. The average molecular weight is 250 g/mol. The van der Waals surface area contributed by atoms with E-state index in [-0.39, 0.29) is 11.6 Å². The van der Waals surface area contributed by atoms with E-state index in [0.717, 1.165) is 0 Å². The number of carbonyl (C=O) groups excluding carboxylic acids is 1. The third-order valence-corrected chi connectivity index (χ3v) is 2.81. The van der Waals surface area contributed by atoms with Gasteiger partial charge >= 0.3 is 0 Å². The van der Waals surface area contributed by atoms with Crippen LogP contribution in [0.25, 0.3) is 0 Å². The summed E-state index contributed by atoms with van der Waals surface area (Å²) in [4.78, 5) is 15.8. The number of halogens is 2. The molecule has 0 aliphatic rings. The molecule has 2 aromatic rings. The molecule has 1 atom stereocenters. The second kappa shape index (κ2) is 5.06. The van der Waals surface area contributed by atoms with Gasteiger partial charge in [0, 0.05) is 18.0 Å². The van der Waals surface area contributed by atoms with Crippen molar-refractivity contribution < 1.29 is 9.18 Å². The molecule has 0 saturated carbocycles. The van der Waals surface area contributed by atoms with E-state index in [4.69, 9.17) is 11.6 Å². The van der Waals surface area contributed by atoms with Crippen molar-refractivity contribution in [3.05, 3.63) is 65.7 Å². The van der Waals surface area contributed by atoms with E-state index < -0.39 is 5.38 Å². The highest BCUT2D eigenvalue weighted by Crippen LogP contribution is 2.24. The predicted octanol–water partition coefficient (Wildman–Crippen LogP) is 3.38. The Kier molecular flexibility index (Phi) is 3.49. The lowest BCUT2D eigenvalue weighted by Gasteiger charge is -2.08. The summed E-state index contributed by atoms with van der Waals surface area (Å²) >= 11 is 6.05. The molecule has 1 aromatic carbocycles.